The second kappa shape index (κ2) is 5.19. The standard InChI is InChI=1S/C12H19ClN4/c1-8(2)17-5-3-4-10(17)6-9-7-11(13)12(14)16-15-9/h7-8,10H,3-6H2,1-2H3,(H2,14,16). The lowest BCUT2D eigenvalue weighted by atomic mass is 10.1. The van der Waals surface area contributed by atoms with E-state index in [-0.39, 0.29) is 0 Å². The maximum Gasteiger partial charge on any atom is 0.164 e. The Morgan fingerprint density at radius 1 is 1.53 bits per heavy atom. The molecule has 0 aliphatic carbocycles. The molecule has 2 rings (SSSR count). The number of hydrogen-bond acceptors (Lipinski definition) is 4. The lowest BCUT2D eigenvalue weighted by Gasteiger charge is -2.27. The van der Waals surface area contributed by atoms with Crippen LogP contribution in [0.25, 0.3) is 0 Å². The zero-order valence-corrected chi connectivity index (χ0v) is 11.1. The van der Waals surface area contributed by atoms with Gasteiger partial charge < -0.3 is 5.73 Å². The van der Waals surface area contributed by atoms with Gasteiger partial charge in [0.05, 0.1) is 10.7 Å². The highest BCUT2D eigenvalue weighted by atomic mass is 35.5. The molecule has 0 aromatic carbocycles. The van der Waals surface area contributed by atoms with E-state index in [0.29, 0.717) is 22.9 Å². The average Bonchev–Trinajstić information content (AvgIpc) is 2.72. The van der Waals surface area contributed by atoms with E-state index < -0.39 is 0 Å². The zero-order chi connectivity index (χ0) is 12.4. The third-order valence-corrected chi connectivity index (χ3v) is 3.66. The molecule has 5 heteroatoms. The summed E-state index contributed by atoms with van der Waals surface area (Å²) in [5.74, 6) is 0.308. The van der Waals surface area contributed by atoms with Gasteiger partial charge in [0.25, 0.3) is 0 Å². The van der Waals surface area contributed by atoms with Gasteiger partial charge in [0.2, 0.25) is 0 Å². The van der Waals surface area contributed by atoms with Gasteiger partial charge in [0.15, 0.2) is 5.82 Å². The number of hydrogen-bond donors (Lipinski definition) is 1. The predicted molar refractivity (Wildman–Crippen MR) is 70.0 cm³/mol. The minimum atomic E-state index is 0.308. The van der Waals surface area contributed by atoms with Crippen molar-refractivity contribution in [3.8, 4) is 0 Å². The highest BCUT2D eigenvalue weighted by Crippen LogP contribution is 2.24. The van der Waals surface area contributed by atoms with Crippen molar-refractivity contribution >= 4 is 17.4 Å². The van der Waals surface area contributed by atoms with Crippen LogP contribution < -0.4 is 5.73 Å². The predicted octanol–water partition coefficient (Wildman–Crippen LogP) is 2.13. The van der Waals surface area contributed by atoms with Crippen molar-refractivity contribution in [2.75, 3.05) is 12.3 Å². The van der Waals surface area contributed by atoms with E-state index in [0.717, 1.165) is 12.1 Å². The first kappa shape index (κ1) is 12.6. The summed E-state index contributed by atoms with van der Waals surface area (Å²) in [4.78, 5) is 2.52. The van der Waals surface area contributed by atoms with Crippen LogP contribution in [0.1, 0.15) is 32.4 Å². The first-order chi connectivity index (χ1) is 8.08. The summed E-state index contributed by atoms with van der Waals surface area (Å²) in [6.07, 6.45) is 3.39. The van der Waals surface area contributed by atoms with Crippen molar-refractivity contribution in [1.82, 2.24) is 15.1 Å². The Morgan fingerprint density at radius 2 is 2.29 bits per heavy atom. The van der Waals surface area contributed by atoms with Gasteiger partial charge in [-0.3, -0.25) is 4.90 Å². The molecular weight excluding hydrogens is 236 g/mol. The Labute approximate surface area is 107 Å². The number of nitrogen functional groups attached to an aromatic ring is 1. The molecule has 1 unspecified atom stereocenters. The molecule has 1 saturated heterocycles. The van der Waals surface area contributed by atoms with Crippen molar-refractivity contribution in [1.29, 1.82) is 0 Å². The molecule has 0 bridgehead atoms. The molecule has 2 heterocycles. The van der Waals surface area contributed by atoms with Crippen LogP contribution >= 0.6 is 11.6 Å². The number of nitrogens with zero attached hydrogens (tertiary/aromatic N) is 3. The van der Waals surface area contributed by atoms with Crippen LogP contribution in [-0.2, 0) is 6.42 Å². The summed E-state index contributed by atoms with van der Waals surface area (Å²) in [5, 5.41) is 8.48. The van der Waals surface area contributed by atoms with E-state index >= 15 is 0 Å². The van der Waals surface area contributed by atoms with Gasteiger partial charge in [-0.2, -0.15) is 5.10 Å². The van der Waals surface area contributed by atoms with Crippen LogP contribution in [0.5, 0.6) is 0 Å². The lowest BCUT2D eigenvalue weighted by molar-refractivity contribution is 0.201. The summed E-state index contributed by atoms with van der Waals surface area (Å²) in [5.41, 5.74) is 6.49. The molecule has 94 valence electrons. The Bertz CT molecular complexity index is 394. The first-order valence-corrected chi connectivity index (χ1v) is 6.49. The normalized spacial score (nSPS) is 21.3. The monoisotopic (exact) mass is 254 g/mol. The fraction of sp³-hybridized carbons (Fsp3) is 0.667. The van der Waals surface area contributed by atoms with E-state index in [2.05, 4.69) is 28.9 Å². The van der Waals surface area contributed by atoms with Gasteiger partial charge in [0.1, 0.15) is 0 Å². The van der Waals surface area contributed by atoms with Crippen molar-refractivity contribution in [3.63, 3.8) is 0 Å². The van der Waals surface area contributed by atoms with Gasteiger partial charge in [-0.25, -0.2) is 0 Å². The third kappa shape index (κ3) is 2.87. The summed E-state index contributed by atoms with van der Waals surface area (Å²) in [6.45, 7) is 5.65. The number of likely N-dealkylation sites (tertiary alicyclic amines) is 1. The number of anilines is 1. The lowest BCUT2D eigenvalue weighted by Crippen LogP contribution is -2.36. The zero-order valence-electron chi connectivity index (χ0n) is 10.4. The molecule has 0 spiro atoms. The molecule has 0 saturated carbocycles. The van der Waals surface area contributed by atoms with Crippen molar-refractivity contribution in [2.24, 2.45) is 0 Å². The van der Waals surface area contributed by atoms with Crippen molar-refractivity contribution in [2.45, 2.75) is 45.2 Å². The van der Waals surface area contributed by atoms with Crippen LogP contribution in [0.2, 0.25) is 5.02 Å². The first-order valence-electron chi connectivity index (χ1n) is 6.11. The number of nitrogens with two attached hydrogens (primary N) is 1. The average molecular weight is 255 g/mol. The molecule has 1 atom stereocenters. The van der Waals surface area contributed by atoms with Gasteiger partial charge in [-0.1, -0.05) is 11.6 Å². The fourth-order valence-electron chi connectivity index (χ4n) is 2.51. The highest BCUT2D eigenvalue weighted by molar-refractivity contribution is 6.32. The van der Waals surface area contributed by atoms with E-state index in [9.17, 15) is 0 Å². The largest absolute Gasteiger partial charge is 0.381 e. The molecule has 0 amide bonds. The fourth-order valence-corrected chi connectivity index (χ4v) is 2.68. The Hall–Kier alpha value is -0.870. The number of rotatable bonds is 3. The van der Waals surface area contributed by atoms with Gasteiger partial charge in [-0.05, 0) is 39.3 Å². The molecule has 0 radical (unpaired) electrons. The quantitative estimate of drug-likeness (QED) is 0.898. The summed E-state index contributed by atoms with van der Waals surface area (Å²) >= 11 is 5.96. The van der Waals surface area contributed by atoms with E-state index in [1.54, 1.807) is 0 Å². The smallest absolute Gasteiger partial charge is 0.164 e. The van der Waals surface area contributed by atoms with Crippen LogP contribution in [0, 0.1) is 0 Å². The molecule has 1 aliphatic rings. The highest BCUT2D eigenvalue weighted by Gasteiger charge is 2.27. The molecular formula is C12H19ClN4. The second-order valence-corrected chi connectivity index (χ2v) is 5.31. The molecule has 2 N–H and O–H groups in total. The molecule has 1 aliphatic heterocycles. The maximum absolute atomic E-state index is 5.96. The van der Waals surface area contributed by atoms with Crippen molar-refractivity contribution in [3.05, 3.63) is 16.8 Å². The molecule has 1 aromatic rings. The topological polar surface area (TPSA) is 55.0 Å². The summed E-state index contributed by atoms with van der Waals surface area (Å²) in [7, 11) is 0. The molecule has 1 aromatic heterocycles. The van der Waals surface area contributed by atoms with Crippen LogP contribution in [0.3, 0.4) is 0 Å². The summed E-state index contributed by atoms with van der Waals surface area (Å²) in [6, 6.07) is 2.98. The SMILES string of the molecule is CC(C)N1CCCC1Cc1cc(Cl)c(N)nn1. The Kier molecular flexibility index (Phi) is 3.84. The molecule has 4 nitrogen and oxygen atoms in total. The van der Waals surface area contributed by atoms with Crippen LogP contribution in [-0.4, -0.2) is 33.7 Å². The summed E-state index contributed by atoms with van der Waals surface area (Å²) < 4.78 is 0. The Morgan fingerprint density at radius 3 is 2.94 bits per heavy atom. The minimum absolute atomic E-state index is 0.308. The van der Waals surface area contributed by atoms with Gasteiger partial charge >= 0.3 is 0 Å². The van der Waals surface area contributed by atoms with Crippen molar-refractivity contribution < 1.29 is 0 Å². The van der Waals surface area contributed by atoms with Gasteiger partial charge in [-0.15, -0.1) is 5.10 Å². The number of halogens is 1. The van der Waals surface area contributed by atoms with Crippen LogP contribution in [0.4, 0.5) is 5.82 Å². The maximum atomic E-state index is 5.96. The second-order valence-electron chi connectivity index (χ2n) is 4.90. The van der Waals surface area contributed by atoms with Crippen LogP contribution in [0.15, 0.2) is 6.07 Å². The van der Waals surface area contributed by atoms with E-state index in [1.165, 1.54) is 19.4 Å². The third-order valence-electron chi connectivity index (χ3n) is 3.35. The minimum Gasteiger partial charge on any atom is -0.381 e. The molecule has 1 fully saturated rings. The molecule has 17 heavy (non-hydrogen) atoms. The Balaban J connectivity index is 2.07. The van der Waals surface area contributed by atoms with E-state index in [1.807, 2.05) is 6.07 Å². The van der Waals surface area contributed by atoms with Gasteiger partial charge in [0, 0.05) is 18.5 Å². The van der Waals surface area contributed by atoms with E-state index in [4.69, 9.17) is 17.3 Å². The number of aromatic nitrogens is 2.